The van der Waals surface area contributed by atoms with Gasteiger partial charge in [0.2, 0.25) is 0 Å². The van der Waals surface area contributed by atoms with Gasteiger partial charge in [-0.3, -0.25) is 4.90 Å². The summed E-state index contributed by atoms with van der Waals surface area (Å²) in [5.74, 6) is 0.192. The molecular formula is C16H24FNO2. The number of halogens is 1. The van der Waals surface area contributed by atoms with Gasteiger partial charge in [-0.05, 0) is 57.5 Å². The van der Waals surface area contributed by atoms with Gasteiger partial charge in [-0.2, -0.15) is 0 Å². The van der Waals surface area contributed by atoms with Crippen LogP contribution in [-0.2, 0) is 0 Å². The number of benzene rings is 1. The summed E-state index contributed by atoms with van der Waals surface area (Å²) in [6.45, 7) is 6.08. The number of nitrogens with zero attached hydrogens (tertiary/aromatic N) is 1. The van der Waals surface area contributed by atoms with Crippen LogP contribution in [0.2, 0.25) is 0 Å². The van der Waals surface area contributed by atoms with Crippen molar-refractivity contribution in [2.45, 2.75) is 44.8 Å². The van der Waals surface area contributed by atoms with E-state index in [0.717, 1.165) is 32.4 Å². The normalized spacial score (nSPS) is 20.6. The molecule has 1 saturated heterocycles. The van der Waals surface area contributed by atoms with E-state index in [1.54, 1.807) is 13.2 Å². The monoisotopic (exact) mass is 281 g/mol. The molecule has 0 amide bonds. The zero-order valence-corrected chi connectivity index (χ0v) is 12.5. The Morgan fingerprint density at radius 1 is 1.40 bits per heavy atom. The highest BCUT2D eigenvalue weighted by atomic mass is 19.1. The van der Waals surface area contributed by atoms with Crippen molar-refractivity contribution in [1.82, 2.24) is 4.90 Å². The van der Waals surface area contributed by atoms with E-state index >= 15 is 0 Å². The summed E-state index contributed by atoms with van der Waals surface area (Å²) in [5.41, 5.74) is 0.140. The summed E-state index contributed by atoms with van der Waals surface area (Å²) in [7, 11) is 1.54. The van der Waals surface area contributed by atoms with E-state index in [1.165, 1.54) is 12.1 Å². The highest BCUT2D eigenvalue weighted by molar-refractivity contribution is 5.37. The third-order valence-corrected chi connectivity index (χ3v) is 4.62. The maximum absolute atomic E-state index is 13.5. The van der Waals surface area contributed by atoms with Crippen LogP contribution >= 0.6 is 0 Å². The Kier molecular flexibility index (Phi) is 4.66. The van der Waals surface area contributed by atoms with Gasteiger partial charge in [0.05, 0.1) is 7.11 Å². The molecule has 2 unspecified atom stereocenters. The van der Waals surface area contributed by atoms with Crippen LogP contribution in [0.15, 0.2) is 18.2 Å². The van der Waals surface area contributed by atoms with Gasteiger partial charge in [0.25, 0.3) is 0 Å². The van der Waals surface area contributed by atoms with Gasteiger partial charge in [-0.15, -0.1) is 0 Å². The summed E-state index contributed by atoms with van der Waals surface area (Å²) in [6.07, 6.45) is 2.34. The lowest BCUT2D eigenvalue weighted by Gasteiger charge is -2.42. The van der Waals surface area contributed by atoms with Gasteiger partial charge < -0.3 is 9.84 Å². The van der Waals surface area contributed by atoms with Crippen molar-refractivity contribution in [3.8, 4) is 5.75 Å². The van der Waals surface area contributed by atoms with Crippen molar-refractivity contribution >= 4 is 0 Å². The molecule has 1 fully saturated rings. The van der Waals surface area contributed by atoms with E-state index in [4.69, 9.17) is 4.74 Å². The molecule has 3 nitrogen and oxygen atoms in total. The van der Waals surface area contributed by atoms with Gasteiger partial charge in [0, 0.05) is 11.1 Å². The Labute approximate surface area is 120 Å². The molecule has 1 aromatic carbocycles. The van der Waals surface area contributed by atoms with Crippen molar-refractivity contribution in [3.63, 3.8) is 0 Å². The maximum Gasteiger partial charge on any atom is 0.124 e. The number of aliphatic hydroxyl groups is 1. The van der Waals surface area contributed by atoms with Crippen LogP contribution in [0.5, 0.6) is 5.75 Å². The highest BCUT2D eigenvalue weighted by Gasteiger charge is 2.40. The van der Waals surface area contributed by atoms with Crippen molar-refractivity contribution < 1.29 is 14.2 Å². The van der Waals surface area contributed by atoms with Gasteiger partial charge in [0.15, 0.2) is 0 Å². The Bertz CT molecular complexity index is 460. The molecule has 20 heavy (non-hydrogen) atoms. The van der Waals surface area contributed by atoms with E-state index in [1.807, 2.05) is 6.92 Å². The summed E-state index contributed by atoms with van der Waals surface area (Å²) in [6, 6.07) is 4.32. The molecule has 2 atom stereocenters. The molecular weight excluding hydrogens is 257 g/mol. The molecule has 0 aromatic heterocycles. The Balaban J connectivity index is 2.36. The standard InChI is InChI=1S/C16H24FNO2/c1-4-16(2,18-9-5-6-10-18)15(19)13-11-12(17)7-8-14(13)20-3/h7-8,11,15,19H,4-6,9-10H2,1-3H3. The van der Waals surface area contributed by atoms with Crippen LogP contribution in [-0.4, -0.2) is 35.7 Å². The molecule has 1 heterocycles. The van der Waals surface area contributed by atoms with Crippen molar-refractivity contribution in [1.29, 1.82) is 0 Å². The molecule has 0 aliphatic carbocycles. The highest BCUT2D eigenvalue weighted by Crippen LogP contribution is 2.39. The lowest BCUT2D eigenvalue weighted by molar-refractivity contribution is -0.0152. The van der Waals surface area contributed by atoms with Gasteiger partial charge in [-0.25, -0.2) is 4.39 Å². The van der Waals surface area contributed by atoms with Crippen molar-refractivity contribution in [2.75, 3.05) is 20.2 Å². The molecule has 0 spiro atoms. The number of rotatable bonds is 5. The van der Waals surface area contributed by atoms with Gasteiger partial charge in [-0.1, -0.05) is 6.92 Å². The second-order valence-electron chi connectivity index (χ2n) is 5.69. The predicted molar refractivity (Wildman–Crippen MR) is 77.4 cm³/mol. The second kappa shape index (κ2) is 6.10. The summed E-state index contributed by atoms with van der Waals surface area (Å²) >= 11 is 0. The molecule has 1 aliphatic heterocycles. The first kappa shape index (κ1) is 15.3. The first-order valence-corrected chi connectivity index (χ1v) is 7.29. The van der Waals surface area contributed by atoms with Crippen molar-refractivity contribution in [3.05, 3.63) is 29.6 Å². The van der Waals surface area contributed by atoms with Crippen molar-refractivity contribution in [2.24, 2.45) is 0 Å². The first-order valence-electron chi connectivity index (χ1n) is 7.29. The largest absolute Gasteiger partial charge is 0.496 e. The SMILES string of the molecule is CCC(C)(C(O)c1cc(F)ccc1OC)N1CCCC1. The molecule has 0 saturated carbocycles. The van der Waals surface area contributed by atoms with E-state index < -0.39 is 11.6 Å². The number of hydrogen-bond acceptors (Lipinski definition) is 3. The minimum Gasteiger partial charge on any atom is -0.496 e. The smallest absolute Gasteiger partial charge is 0.124 e. The topological polar surface area (TPSA) is 32.7 Å². The molecule has 0 bridgehead atoms. The van der Waals surface area contributed by atoms with E-state index in [9.17, 15) is 9.50 Å². The average molecular weight is 281 g/mol. The number of aliphatic hydroxyl groups excluding tert-OH is 1. The lowest BCUT2D eigenvalue weighted by atomic mass is 9.85. The van der Waals surface area contributed by atoms with Crippen LogP contribution in [0.25, 0.3) is 0 Å². The molecule has 1 aromatic rings. The molecule has 0 radical (unpaired) electrons. The fraction of sp³-hybridized carbons (Fsp3) is 0.625. The van der Waals surface area contributed by atoms with Crippen LogP contribution in [0.3, 0.4) is 0 Å². The number of hydrogen-bond donors (Lipinski definition) is 1. The molecule has 1 aliphatic rings. The Morgan fingerprint density at radius 2 is 2.05 bits per heavy atom. The van der Waals surface area contributed by atoms with E-state index in [2.05, 4.69) is 11.8 Å². The zero-order valence-electron chi connectivity index (χ0n) is 12.5. The molecule has 112 valence electrons. The van der Waals surface area contributed by atoms with Crippen LogP contribution < -0.4 is 4.74 Å². The van der Waals surface area contributed by atoms with Gasteiger partial charge in [0.1, 0.15) is 17.7 Å². The predicted octanol–water partition coefficient (Wildman–Crippen LogP) is 3.13. The van der Waals surface area contributed by atoms with Crippen LogP contribution in [0.4, 0.5) is 4.39 Å². The minimum absolute atomic E-state index is 0.347. The number of ether oxygens (including phenoxy) is 1. The molecule has 2 rings (SSSR count). The average Bonchev–Trinajstić information content (AvgIpc) is 3.00. The number of likely N-dealkylation sites (tertiary alicyclic amines) is 1. The summed E-state index contributed by atoms with van der Waals surface area (Å²) in [5, 5.41) is 10.8. The molecule has 4 heteroatoms. The quantitative estimate of drug-likeness (QED) is 0.900. The summed E-state index contributed by atoms with van der Waals surface area (Å²) < 4.78 is 18.8. The van der Waals surface area contributed by atoms with E-state index in [-0.39, 0.29) is 5.82 Å². The number of methoxy groups -OCH3 is 1. The Morgan fingerprint density at radius 3 is 2.60 bits per heavy atom. The maximum atomic E-state index is 13.5. The third-order valence-electron chi connectivity index (χ3n) is 4.62. The zero-order chi connectivity index (χ0) is 14.8. The van der Waals surface area contributed by atoms with Gasteiger partial charge >= 0.3 is 0 Å². The third kappa shape index (κ3) is 2.67. The van der Waals surface area contributed by atoms with Crippen LogP contribution in [0, 0.1) is 5.82 Å². The fourth-order valence-electron chi connectivity index (χ4n) is 3.07. The lowest BCUT2D eigenvalue weighted by Crippen LogP contribution is -2.49. The first-order chi connectivity index (χ1) is 9.52. The van der Waals surface area contributed by atoms with E-state index in [0.29, 0.717) is 11.3 Å². The fourth-order valence-corrected chi connectivity index (χ4v) is 3.07. The summed E-state index contributed by atoms with van der Waals surface area (Å²) in [4.78, 5) is 2.31. The second-order valence-corrected chi connectivity index (χ2v) is 5.69. The van der Waals surface area contributed by atoms with Crippen LogP contribution in [0.1, 0.15) is 44.8 Å². The molecule has 1 N–H and O–H groups in total. The Hall–Kier alpha value is -1.13. The minimum atomic E-state index is -0.767.